The van der Waals surface area contributed by atoms with Crippen LogP contribution in [-0.2, 0) is 16.1 Å². The zero-order valence-electron chi connectivity index (χ0n) is 24.2. The lowest BCUT2D eigenvalue weighted by molar-refractivity contribution is -0.139. The fraction of sp³-hybridized carbons (Fsp3) is 0.139. The zero-order valence-corrected chi connectivity index (χ0v) is 25.7. The molecule has 0 saturated heterocycles. The maximum Gasteiger partial charge on any atom is 0.338 e. The molecule has 44 heavy (non-hydrogen) atoms. The Kier molecular flexibility index (Phi) is 7.28. The average molecular weight is 618 g/mol. The summed E-state index contributed by atoms with van der Waals surface area (Å²) in [5.41, 5.74) is 4.70. The normalized spacial score (nSPS) is 15.1. The number of para-hydroxylation sites is 1. The van der Waals surface area contributed by atoms with Crippen LogP contribution in [0.15, 0.2) is 118 Å². The Morgan fingerprint density at radius 3 is 2.50 bits per heavy atom. The minimum absolute atomic E-state index is 0.199. The van der Waals surface area contributed by atoms with Crippen LogP contribution in [0.1, 0.15) is 36.6 Å². The third kappa shape index (κ3) is 4.88. The van der Waals surface area contributed by atoms with E-state index in [1.807, 2.05) is 91.9 Å². The molecule has 0 unspecified atom stereocenters. The van der Waals surface area contributed by atoms with Crippen molar-refractivity contribution in [2.75, 3.05) is 6.61 Å². The van der Waals surface area contributed by atoms with Crippen LogP contribution in [-0.4, -0.2) is 21.7 Å². The number of carbonyl (C=O) groups is 1. The van der Waals surface area contributed by atoms with Crippen LogP contribution in [0.25, 0.3) is 27.8 Å². The highest BCUT2D eigenvalue weighted by Gasteiger charge is 2.34. The van der Waals surface area contributed by atoms with Gasteiger partial charge in [0, 0.05) is 34.2 Å². The van der Waals surface area contributed by atoms with E-state index in [0.717, 1.165) is 38.4 Å². The van der Waals surface area contributed by atoms with Gasteiger partial charge in [-0.2, -0.15) is 0 Å². The van der Waals surface area contributed by atoms with Crippen LogP contribution in [0.4, 0.5) is 0 Å². The maximum atomic E-state index is 14.3. The van der Waals surface area contributed by atoms with Crippen LogP contribution < -0.4 is 14.9 Å². The second-order valence-electron chi connectivity index (χ2n) is 10.7. The molecule has 4 aromatic carbocycles. The first-order chi connectivity index (χ1) is 21.4. The molecule has 1 aliphatic rings. The number of benzene rings is 4. The van der Waals surface area contributed by atoms with Gasteiger partial charge in [0.15, 0.2) is 4.80 Å². The Bertz CT molecular complexity index is 2290. The van der Waals surface area contributed by atoms with Gasteiger partial charge in [0.1, 0.15) is 0 Å². The first-order valence-electron chi connectivity index (χ1n) is 14.4. The van der Waals surface area contributed by atoms with Crippen LogP contribution in [0, 0.1) is 0 Å². The summed E-state index contributed by atoms with van der Waals surface area (Å²) in [6.45, 7) is 4.48. The van der Waals surface area contributed by atoms with Crippen LogP contribution >= 0.6 is 22.9 Å². The summed E-state index contributed by atoms with van der Waals surface area (Å²) in [5.74, 6) is -0.466. The number of esters is 1. The highest BCUT2D eigenvalue weighted by Crippen LogP contribution is 2.35. The first-order valence-corrected chi connectivity index (χ1v) is 15.6. The van der Waals surface area contributed by atoms with Gasteiger partial charge in [-0.25, -0.2) is 9.79 Å². The van der Waals surface area contributed by atoms with E-state index in [4.69, 9.17) is 21.3 Å². The number of aromatic nitrogens is 2. The fourth-order valence-electron chi connectivity index (χ4n) is 6.02. The number of thiazole rings is 1. The predicted octanol–water partition coefficient (Wildman–Crippen LogP) is 6.61. The van der Waals surface area contributed by atoms with Gasteiger partial charge in [0.05, 0.1) is 28.5 Å². The SMILES string of the molecule is CCOC(=O)C1=C(C)N=c2s/c(=C/c3cn(Cc4ccc(Cl)cc4)c4ccccc34)c(=O)n2[C@H]1c1cccc2ccccc12. The molecule has 218 valence electrons. The highest BCUT2D eigenvalue weighted by molar-refractivity contribution is 7.07. The van der Waals surface area contributed by atoms with Crippen molar-refractivity contribution in [3.63, 3.8) is 0 Å². The number of rotatable bonds is 6. The topological polar surface area (TPSA) is 65.6 Å². The van der Waals surface area contributed by atoms with Crippen molar-refractivity contribution >= 4 is 56.7 Å². The predicted molar refractivity (Wildman–Crippen MR) is 177 cm³/mol. The Morgan fingerprint density at radius 1 is 0.977 bits per heavy atom. The molecule has 7 rings (SSSR count). The molecule has 0 fully saturated rings. The largest absolute Gasteiger partial charge is 0.463 e. The van der Waals surface area contributed by atoms with Gasteiger partial charge in [-0.05, 0) is 60.0 Å². The summed E-state index contributed by atoms with van der Waals surface area (Å²) in [4.78, 5) is 33.0. The minimum atomic E-state index is -0.676. The van der Waals surface area contributed by atoms with Gasteiger partial charge in [-0.15, -0.1) is 0 Å². The Hall–Kier alpha value is -4.72. The number of hydrogen-bond acceptors (Lipinski definition) is 5. The van der Waals surface area contributed by atoms with E-state index in [0.29, 0.717) is 32.2 Å². The van der Waals surface area contributed by atoms with E-state index in [1.54, 1.807) is 11.5 Å². The molecule has 3 heterocycles. The van der Waals surface area contributed by atoms with Gasteiger partial charge in [0.2, 0.25) is 0 Å². The van der Waals surface area contributed by atoms with Crippen molar-refractivity contribution in [1.82, 2.24) is 9.13 Å². The summed E-state index contributed by atoms with van der Waals surface area (Å²) in [6.07, 6.45) is 4.02. The number of hydrogen-bond donors (Lipinski definition) is 0. The van der Waals surface area contributed by atoms with E-state index in [1.165, 1.54) is 11.3 Å². The van der Waals surface area contributed by atoms with Crippen molar-refractivity contribution in [2.45, 2.75) is 26.4 Å². The minimum Gasteiger partial charge on any atom is -0.463 e. The molecule has 0 aliphatic carbocycles. The molecule has 1 aliphatic heterocycles. The highest BCUT2D eigenvalue weighted by atomic mass is 35.5. The lowest BCUT2D eigenvalue weighted by Gasteiger charge is -2.25. The summed E-state index contributed by atoms with van der Waals surface area (Å²) in [6, 6.07) is 29.3. The van der Waals surface area contributed by atoms with Gasteiger partial charge >= 0.3 is 5.97 Å². The Balaban J connectivity index is 1.42. The van der Waals surface area contributed by atoms with E-state index in [9.17, 15) is 9.59 Å². The maximum absolute atomic E-state index is 14.3. The van der Waals surface area contributed by atoms with Gasteiger partial charge < -0.3 is 9.30 Å². The van der Waals surface area contributed by atoms with Crippen LogP contribution in [0.5, 0.6) is 0 Å². The molecular weight excluding hydrogens is 590 g/mol. The van der Waals surface area contributed by atoms with E-state index >= 15 is 0 Å². The van der Waals surface area contributed by atoms with Crippen molar-refractivity contribution in [3.05, 3.63) is 150 Å². The second-order valence-corrected chi connectivity index (χ2v) is 12.2. The average Bonchev–Trinajstić information content (AvgIpc) is 3.53. The molecule has 8 heteroatoms. The molecule has 0 saturated carbocycles. The summed E-state index contributed by atoms with van der Waals surface area (Å²) >= 11 is 7.45. The number of ether oxygens (including phenoxy) is 1. The van der Waals surface area contributed by atoms with Gasteiger partial charge in [-0.1, -0.05) is 95.7 Å². The molecule has 0 bridgehead atoms. The number of halogens is 1. The second kappa shape index (κ2) is 11.4. The van der Waals surface area contributed by atoms with Crippen molar-refractivity contribution in [3.8, 4) is 0 Å². The monoisotopic (exact) mass is 617 g/mol. The zero-order chi connectivity index (χ0) is 30.4. The standard InChI is InChI=1S/C36H28ClN3O3S/c1-3-43-35(42)32-22(2)38-36-40(33(32)29-13-8-10-24-9-4-5-11-27(24)29)34(41)31(44-36)19-25-21-39(30-14-7-6-12-28(25)30)20-23-15-17-26(37)18-16-23/h4-19,21,33H,3,20H2,1-2H3/b31-19+/t33-/m0/s1. The first kappa shape index (κ1) is 28.1. The smallest absolute Gasteiger partial charge is 0.338 e. The molecule has 0 amide bonds. The van der Waals surface area contributed by atoms with Crippen LogP contribution in [0.3, 0.4) is 0 Å². The number of fused-ring (bicyclic) bond motifs is 3. The van der Waals surface area contributed by atoms with E-state index in [2.05, 4.69) is 22.9 Å². The number of carbonyl (C=O) groups excluding carboxylic acids is 1. The fourth-order valence-corrected chi connectivity index (χ4v) is 7.19. The molecule has 0 spiro atoms. The van der Waals surface area contributed by atoms with Crippen molar-refractivity contribution in [2.24, 2.45) is 4.99 Å². The quantitative estimate of drug-likeness (QED) is 0.198. The van der Waals surface area contributed by atoms with Crippen molar-refractivity contribution < 1.29 is 9.53 Å². The third-order valence-corrected chi connectivity index (χ3v) is 9.24. The molecule has 0 N–H and O–H groups in total. The Morgan fingerprint density at radius 2 is 1.70 bits per heavy atom. The molecule has 6 aromatic rings. The summed E-state index contributed by atoms with van der Waals surface area (Å²) in [7, 11) is 0. The van der Waals surface area contributed by atoms with Crippen molar-refractivity contribution in [1.29, 1.82) is 0 Å². The molecular formula is C36H28ClN3O3S. The van der Waals surface area contributed by atoms with E-state index < -0.39 is 12.0 Å². The molecule has 0 radical (unpaired) electrons. The molecule has 1 atom stereocenters. The Labute approximate surface area is 262 Å². The number of allylic oxidation sites excluding steroid dienone is 1. The van der Waals surface area contributed by atoms with E-state index in [-0.39, 0.29) is 12.2 Å². The summed E-state index contributed by atoms with van der Waals surface area (Å²) < 4.78 is 9.88. The van der Waals surface area contributed by atoms with Gasteiger partial charge in [0.25, 0.3) is 5.56 Å². The molecule has 2 aromatic heterocycles. The lowest BCUT2D eigenvalue weighted by Crippen LogP contribution is -2.40. The van der Waals surface area contributed by atoms with Crippen LogP contribution in [0.2, 0.25) is 5.02 Å². The van der Waals surface area contributed by atoms with Gasteiger partial charge in [-0.3, -0.25) is 9.36 Å². The third-order valence-electron chi connectivity index (χ3n) is 8.01. The molecule has 6 nitrogen and oxygen atoms in total. The lowest BCUT2D eigenvalue weighted by atomic mass is 9.91. The number of nitrogens with zero attached hydrogens (tertiary/aromatic N) is 3. The summed E-state index contributed by atoms with van der Waals surface area (Å²) in [5, 5.41) is 3.74.